The van der Waals surface area contributed by atoms with Crippen molar-refractivity contribution in [3.8, 4) is 0 Å². The van der Waals surface area contributed by atoms with Crippen LogP contribution in [0.2, 0.25) is 0 Å². The van der Waals surface area contributed by atoms with Crippen molar-refractivity contribution in [2.45, 2.75) is 64.7 Å². The minimum atomic E-state index is -0.166. The highest BCUT2D eigenvalue weighted by Crippen LogP contribution is 2.42. The SMILES string of the molecule is CCCN(c1ccccc1N)C1CC(C)(C)OC1(C)C. The Labute approximate surface area is 123 Å². The minimum absolute atomic E-state index is 0.0797. The molecule has 1 unspecified atom stereocenters. The minimum Gasteiger partial charge on any atom is -0.397 e. The van der Waals surface area contributed by atoms with Gasteiger partial charge in [-0.3, -0.25) is 0 Å². The zero-order valence-corrected chi connectivity index (χ0v) is 13.4. The molecule has 0 bridgehead atoms. The van der Waals surface area contributed by atoms with E-state index in [1.807, 2.05) is 12.1 Å². The molecule has 1 aromatic rings. The first-order valence-electron chi connectivity index (χ1n) is 7.58. The van der Waals surface area contributed by atoms with Gasteiger partial charge in [0.15, 0.2) is 0 Å². The maximum absolute atomic E-state index is 6.25. The van der Waals surface area contributed by atoms with Crippen LogP contribution < -0.4 is 10.6 Å². The van der Waals surface area contributed by atoms with Gasteiger partial charge in [0.1, 0.15) is 0 Å². The highest BCUT2D eigenvalue weighted by Gasteiger charge is 2.48. The van der Waals surface area contributed by atoms with Gasteiger partial charge in [0.2, 0.25) is 0 Å². The molecule has 3 nitrogen and oxygen atoms in total. The third-order valence-electron chi connectivity index (χ3n) is 4.11. The summed E-state index contributed by atoms with van der Waals surface area (Å²) in [6.45, 7) is 11.9. The third kappa shape index (κ3) is 2.93. The van der Waals surface area contributed by atoms with Gasteiger partial charge in [0, 0.05) is 6.54 Å². The van der Waals surface area contributed by atoms with Crippen LogP contribution in [0.1, 0.15) is 47.5 Å². The number of nitrogens with two attached hydrogens (primary N) is 1. The van der Waals surface area contributed by atoms with Gasteiger partial charge in [-0.25, -0.2) is 0 Å². The lowest BCUT2D eigenvalue weighted by Crippen LogP contribution is -2.47. The molecule has 0 aromatic heterocycles. The van der Waals surface area contributed by atoms with Crippen LogP contribution >= 0.6 is 0 Å². The van der Waals surface area contributed by atoms with Crippen LogP contribution in [0.5, 0.6) is 0 Å². The van der Waals surface area contributed by atoms with E-state index >= 15 is 0 Å². The van der Waals surface area contributed by atoms with Gasteiger partial charge >= 0.3 is 0 Å². The number of nitrogens with zero attached hydrogens (tertiary/aromatic N) is 1. The molecule has 0 aliphatic carbocycles. The second-order valence-corrected chi connectivity index (χ2v) is 6.94. The summed E-state index contributed by atoms with van der Waals surface area (Å²) in [6, 6.07) is 8.49. The van der Waals surface area contributed by atoms with Crippen molar-refractivity contribution in [3.63, 3.8) is 0 Å². The summed E-state index contributed by atoms with van der Waals surface area (Å²) in [5.41, 5.74) is 7.93. The van der Waals surface area contributed by atoms with Crippen LogP contribution in [-0.4, -0.2) is 23.8 Å². The molecule has 1 fully saturated rings. The normalized spacial score (nSPS) is 23.8. The summed E-state index contributed by atoms with van der Waals surface area (Å²) in [7, 11) is 0. The van der Waals surface area contributed by atoms with E-state index in [-0.39, 0.29) is 11.2 Å². The van der Waals surface area contributed by atoms with E-state index in [1.165, 1.54) is 0 Å². The number of para-hydroxylation sites is 2. The molecule has 0 radical (unpaired) electrons. The zero-order valence-electron chi connectivity index (χ0n) is 13.4. The van der Waals surface area contributed by atoms with Gasteiger partial charge in [-0.05, 0) is 52.7 Å². The maximum Gasteiger partial charge on any atom is 0.0837 e. The predicted molar refractivity (Wildman–Crippen MR) is 86.1 cm³/mol. The Kier molecular flexibility index (Phi) is 4.01. The lowest BCUT2D eigenvalue weighted by atomic mass is 9.92. The van der Waals surface area contributed by atoms with E-state index in [0.717, 1.165) is 30.8 Å². The van der Waals surface area contributed by atoms with E-state index in [4.69, 9.17) is 10.5 Å². The van der Waals surface area contributed by atoms with Gasteiger partial charge in [-0.1, -0.05) is 19.1 Å². The molecule has 2 N–H and O–H groups in total. The number of hydrogen-bond donors (Lipinski definition) is 1. The van der Waals surface area contributed by atoms with Crippen molar-refractivity contribution in [3.05, 3.63) is 24.3 Å². The largest absolute Gasteiger partial charge is 0.397 e. The second kappa shape index (κ2) is 5.28. The maximum atomic E-state index is 6.25. The van der Waals surface area contributed by atoms with Crippen LogP contribution in [0.15, 0.2) is 24.3 Å². The second-order valence-electron chi connectivity index (χ2n) is 6.94. The van der Waals surface area contributed by atoms with Crippen LogP contribution in [0.3, 0.4) is 0 Å². The van der Waals surface area contributed by atoms with Crippen LogP contribution in [0, 0.1) is 0 Å². The highest BCUT2D eigenvalue weighted by molar-refractivity contribution is 5.68. The number of ether oxygens (including phenoxy) is 1. The summed E-state index contributed by atoms with van der Waals surface area (Å²) in [4.78, 5) is 2.43. The molecule has 0 amide bonds. The Morgan fingerprint density at radius 1 is 1.25 bits per heavy atom. The quantitative estimate of drug-likeness (QED) is 0.849. The van der Waals surface area contributed by atoms with Crippen molar-refractivity contribution in [2.75, 3.05) is 17.2 Å². The van der Waals surface area contributed by atoms with Gasteiger partial charge in [0.25, 0.3) is 0 Å². The smallest absolute Gasteiger partial charge is 0.0837 e. The standard InChI is InChI=1S/C17H28N2O/c1-6-11-19(14-10-8-7-9-13(14)18)15-12-16(2,3)20-17(15,4)5/h7-10,15H,6,11-12,18H2,1-5H3. The summed E-state index contributed by atoms with van der Waals surface area (Å²) in [5, 5.41) is 0. The summed E-state index contributed by atoms with van der Waals surface area (Å²) in [6.07, 6.45) is 2.12. The van der Waals surface area contributed by atoms with Gasteiger partial charge < -0.3 is 15.4 Å². The topological polar surface area (TPSA) is 38.5 Å². The van der Waals surface area contributed by atoms with Crippen LogP contribution in [0.25, 0.3) is 0 Å². The molecule has 3 heteroatoms. The number of rotatable bonds is 4. The van der Waals surface area contributed by atoms with Gasteiger partial charge in [-0.2, -0.15) is 0 Å². The lowest BCUT2D eigenvalue weighted by molar-refractivity contribution is -0.0679. The zero-order chi connectivity index (χ0) is 15.0. The molecule has 1 heterocycles. The first-order chi connectivity index (χ1) is 9.27. The average molecular weight is 276 g/mol. The highest BCUT2D eigenvalue weighted by atomic mass is 16.5. The van der Waals surface area contributed by atoms with E-state index in [1.54, 1.807) is 0 Å². The predicted octanol–water partition coefficient (Wildman–Crippen LogP) is 3.83. The van der Waals surface area contributed by atoms with Crippen molar-refractivity contribution >= 4 is 11.4 Å². The molecule has 112 valence electrons. The number of hydrogen-bond acceptors (Lipinski definition) is 3. The Hall–Kier alpha value is -1.22. The molecule has 1 saturated heterocycles. The Morgan fingerprint density at radius 2 is 1.90 bits per heavy atom. The van der Waals surface area contributed by atoms with E-state index in [0.29, 0.717) is 6.04 Å². The molecular formula is C17H28N2O. The fraction of sp³-hybridized carbons (Fsp3) is 0.647. The van der Waals surface area contributed by atoms with Crippen molar-refractivity contribution in [2.24, 2.45) is 0 Å². The number of anilines is 2. The monoisotopic (exact) mass is 276 g/mol. The van der Waals surface area contributed by atoms with Gasteiger partial charge in [0.05, 0.1) is 28.6 Å². The van der Waals surface area contributed by atoms with Crippen LogP contribution in [-0.2, 0) is 4.74 Å². The molecule has 2 rings (SSSR count). The number of nitrogen functional groups attached to an aromatic ring is 1. The van der Waals surface area contributed by atoms with E-state index in [2.05, 4.69) is 51.7 Å². The summed E-state index contributed by atoms with van der Waals surface area (Å²) in [5.74, 6) is 0. The lowest BCUT2D eigenvalue weighted by Gasteiger charge is -2.38. The Balaban J connectivity index is 2.37. The number of benzene rings is 1. The molecular weight excluding hydrogens is 248 g/mol. The first kappa shape index (κ1) is 15.2. The van der Waals surface area contributed by atoms with Crippen molar-refractivity contribution in [1.82, 2.24) is 0 Å². The van der Waals surface area contributed by atoms with E-state index < -0.39 is 0 Å². The third-order valence-corrected chi connectivity index (χ3v) is 4.11. The fourth-order valence-corrected chi connectivity index (χ4v) is 3.45. The van der Waals surface area contributed by atoms with Gasteiger partial charge in [-0.15, -0.1) is 0 Å². The molecule has 0 spiro atoms. The molecule has 1 aliphatic rings. The first-order valence-corrected chi connectivity index (χ1v) is 7.58. The molecule has 1 atom stereocenters. The molecule has 1 aliphatic heterocycles. The summed E-state index contributed by atoms with van der Waals surface area (Å²) < 4.78 is 6.25. The van der Waals surface area contributed by atoms with E-state index in [9.17, 15) is 0 Å². The average Bonchev–Trinajstić information content (AvgIpc) is 2.55. The van der Waals surface area contributed by atoms with Crippen molar-refractivity contribution < 1.29 is 4.74 Å². The van der Waals surface area contributed by atoms with Crippen LogP contribution in [0.4, 0.5) is 11.4 Å². The Bertz CT molecular complexity index is 468. The molecule has 1 aromatic carbocycles. The molecule has 20 heavy (non-hydrogen) atoms. The fourth-order valence-electron chi connectivity index (χ4n) is 3.45. The molecule has 0 saturated carbocycles. The van der Waals surface area contributed by atoms with Crippen molar-refractivity contribution in [1.29, 1.82) is 0 Å². The Morgan fingerprint density at radius 3 is 2.40 bits per heavy atom. The summed E-state index contributed by atoms with van der Waals surface area (Å²) >= 11 is 0.